The number of rotatable bonds is 4. The number of ether oxygens (including phenoxy) is 2. The molecule has 3 rings (SSSR count). The first-order valence-electron chi connectivity index (χ1n) is 8.76. The minimum absolute atomic E-state index is 0.151. The number of hydrogen-bond acceptors (Lipinski definition) is 5. The zero-order valence-electron chi connectivity index (χ0n) is 15.8. The van der Waals surface area contributed by atoms with Gasteiger partial charge in [-0.15, -0.1) is 0 Å². The van der Waals surface area contributed by atoms with Crippen LogP contribution in [0, 0.1) is 5.41 Å². The van der Waals surface area contributed by atoms with E-state index in [-0.39, 0.29) is 12.5 Å². The van der Waals surface area contributed by atoms with E-state index in [1.165, 1.54) is 0 Å². The maximum absolute atomic E-state index is 13.1. The van der Waals surface area contributed by atoms with Crippen LogP contribution < -0.4 is 4.74 Å². The SMILES string of the molecule is COCC1(O)CCN(C(=O)c2cc(OC)c3ccccc3n2)CC1(C)C. The number of hydrogen-bond donors (Lipinski definition) is 1. The highest BCUT2D eigenvalue weighted by Gasteiger charge is 2.48. The highest BCUT2D eigenvalue weighted by atomic mass is 16.5. The lowest BCUT2D eigenvalue weighted by atomic mass is 9.70. The average molecular weight is 358 g/mol. The number of para-hydroxylation sites is 1. The number of carbonyl (C=O) groups excluding carboxylic acids is 1. The van der Waals surface area contributed by atoms with Crippen molar-refractivity contribution < 1.29 is 19.4 Å². The Labute approximate surface area is 153 Å². The Balaban J connectivity index is 1.90. The zero-order chi connectivity index (χ0) is 18.9. The van der Waals surface area contributed by atoms with Crippen molar-refractivity contribution >= 4 is 16.8 Å². The van der Waals surface area contributed by atoms with Crippen LogP contribution in [0.25, 0.3) is 10.9 Å². The number of likely N-dealkylation sites (tertiary alicyclic amines) is 1. The summed E-state index contributed by atoms with van der Waals surface area (Å²) in [5, 5.41) is 11.8. The van der Waals surface area contributed by atoms with Crippen molar-refractivity contribution in [3.8, 4) is 5.75 Å². The molecule has 2 aromatic rings. The third kappa shape index (κ3) is 3.15. The number of methoxy groups -OCH3 is 2. The van der Waals surface area contributed by atoms with Crippen LogP contribution in [-0.4, -0.2) is 60.4 Å². The summed E-state index contributed by atoms with van der Waals surface area (Å²) < 4.78 is 10.6. The van der Waals surface area contributed by atoms with Crippen molar-refractivity contribution in [2.75, 3.05) is 33.9 Å². The Morgan fingerprint density at radius 1 is 1.31 bits per heavy atom. The summed E-state index contributed by atoms with van der Waals surface area (Å²) in [6.07, 6.45) is 0.463. The summed E-state index contributed by atoms with van der Waals surface area (Å²) >= 11 is 0. The Hall–Kier alpha value is -2.18. The predicted molar refractivity (Wildman–Crippen MR) is 99.4 cm³/mol. The van der Waals surface area contributed by atoms with Gasteiger partial charge >= 0.3 is 0 Å². The molecule has 1 amide bonds. The van der Waals surface area contributed by atoms with E-state index < -0.39 is 11.0 Å². The van der Waals surface area contributed by atoms with Crippen molar-refractivity contribution in [1.82, 2.24) is 9.88 Å². The molecule has 1 aliphatic heterocycles. The molecule has 0 aliphatic carbocycles. The number of benzene rings is 1. The number of aliphatic hydroxyl groups is 1. The number of fused-ring (bicyclic) bond motifs is 1. The summed E-state index contributed by atoms with van der Waals surface area (Å²) in [5.74, 6) is 0.479. The highest BCUT2D eigenvalue weighted by Crippen LogP contribution is 2.39. The first-order chi connectivity index (χ1) is 12.3. The summed E-state index contributed by atoms with van der Waals surface area (Å²) in [5.41, 5.74) is -0.360. The molecule has 0 spiro atoms. The Kier molecular flexibility index (Phi) is 4.90. The van der Waals surface area contributed by atoms with Gasteiger partial charge in [0, 0.05) is 37.1 Å². The van der Waals surface area contributed by atoms with E-state index in [1.54, 1.807) is 25.2 Å². The molecule has 1 fully saturated rings. The monoisotopic (exact) mass is 358 g/mol. The van der Waals surface area contributed by atoms with Gasteiger partial charge in [0.2, 0.25) is 0 Å². The molecule has 26 heavy (non-hydrogen) atoms. The smallest absolute Gasteiger partial charge is 0.272 e. The molecule has 2 heterocycles. The molecule has 140 valence electrons. The van der Waals surface area contributed by atoms with E-state index in [4.69, 9.17) is 9.47 Å². The maximum atomic E-state index is 13.1. The largest absolute Gasteiger partial charge is 0.496 e. The highest BCUT2D eigenvalue weighted by molar-refractivity contribution is 5.97. The van der Waals surface area contributed by atoms with Crippen LogP contribution in [0.5, 0.6) is 5.75 Å². The molecule has 1 aromatic heterocycles. The molecule has 0 bridgehead atoms. The lowest BCUT2D eigenvalue weighted by molar-refractivity contribution is -0.144. The van der Waals surface area contributed by atoms with Crippen molar-refractivity contribution in [3.63, 3.8) is 0 Å². The van der Waals surface area contributed by atoms with Gasteiger partial charge in [0.25, 0.3) is 5.91 Å². The second kappa shape index (κ2) is 6.85. The third-order valence-electron chi connectivity index (χ3n) is 5.43. The van der Waals surface area contributed by atoms with E-state index in [0.29, 0.717) is 31.0 Å². The molecule has 1 saturated heterocycles. The van der Waals surface area contributed by atoms with Crippen LogP contribution in [0.3, 0.4) is 0 Å². The van der Waals surface area contributed by atoms with Crippen LogP contribution in [0.1, 0.15) is 30.8 Å². The molecule has 0 saturated carbocycles. The Morgan fingerprint density at radius 2 is 2.04 bits per heavy atom. The molecule has 6 heteroatoms. The number of amides is 1. The van der Waals surface area contributed by atoms with Gasteiger partial charge in [-0.25, -0.2) is 4.98 Å². The third-order valence-corrected chi connectivity index (χ3v) is 5.43. The fraction of sp³-hybridized carbons (Fsp3) is 0.500. The first kappa shape index (κ1) is 18.6. The summed E-state index contributed by atoms with van der Waals surface area (Å²) in [7, 11) is 3.17. The van der Waals surface area contributed by atoms with Crippen LogP contribution in [0.2, 0.25) is 0 Å². The normalized spacial score (nSPS) is 22.4. The summed E-state index contributed by atoms with van der Waals surface area (Å²) in [6, 6.07) is 9.28. The Morgan fingerprint density at radius 3 is 2.69 bits per heavy atom. The van der Waals surface area contributed by atoms with Gasteiger partial charge in [-0.05, 0) is 18.6 Å². The minimum atomic E-state index is -0.951. The first-order valence-corrected chi connectivity index (χ1v) is 8.76. The van der Waals surface area contributed by atoms with Crippen LogP contribution in [0.15, 0.2) is 30.3 Å². The molecule has 1 N–H and O–H groups in total. The van der Waals surface area contributed by atoms with Gasteiger partial charge in [-0.2, -0.15) is 0 Å². The summed E-state index contributed by atoms with van der Waals surface area (Å²) in [4.78, 5) is 19.3. The second-order valence-electron chi connectivity index (χ2n) is 7.55. The quantitative estimate of drug-likeness (QED) is 0.909. The minimum Gasteiger partial charge on any atom is -0.496 e. The van der Waals surface area contributed by atoms with Crippen molar-refractivity contribution in [2.24, 2.45) is 5.41 Å². The number of carbonyl (C=O) groups is 1. The van der Waals surface area contributed by atoms with Gasteiger partial charge in [-0.1, -0.05) is 26.0 Å². The van der Waals surface area contributed by atoms with Crippen LogP contribution >= 0.6 is 0 Å². The van der Waals surface area contributed by atoms with Gasteiger partial charge in [0.1, 0.15) is 11.4 Å². The van der Waals surface area contributed by atoms with Gasteiger partial charge in [-0.3, -0.25) is 4.79 Å². The molecule has 0 radical (unpaired) electrons. The lowest BCUT2D eigenvalue weighted by Crippen LogP contribution is -2.60. The molecule has 1 unspecified atom stereocenters. The standard InChI is InChI=1S/C20H26N2O4/c1-19(2)12-22(10-9-20(19,24)13-25-3)18(23)16-11-17(26-4)14-7-5-6-8-15(14)21-16/h5-8,11,24H,9-10,12-13H2,1-4H3. The maximum Gasteiger partial charge on any atom is 0.272 e. The van der Waals surface area contributed by atoms with Crippen molar-refractivity contribution in [2.45, 2.75) is 25.9 Å². The van der Waals surface area contributed by atoms with E-state index in [2.05, 4.69) is 4.98 Å². The van der Waals surface area contributed by atoms with Gasteiger partial charge in [0.15, 0.2) is 0 Å². The number of pyridine rings is 1. The number of nitrogens with zero attached hydrogens (tertiary/aromatic N) is 2. The topological polar surface area (TPSA) is 71.9 Å². The van der Waals surface area contributed by atoms with Gasteiger partial charge in [0.05, 0.1) is 24.8 Å². The zero-order valence-corrected chi connectivity index (χ0v) is 15.8. The molecular weight excluding hydrogens is 332 g/mol. The fourth-order valence-corrected chi connectivity index (χ4v) is 3.63. The lowest BCUT2D eigenvalue weighted by Gasteiger charge is -2.49. The average Bonchev–Trinajstić information content (AvgIpc) is 2.62. The number of aromatic nitrogens is 1. The Bertz CT molecular complexity index is 821. The molecule has 1 aliphatic rings. The molecule has 6 nitrogen and oxygen atoms in total. The fourth-order valence-electron chi connectivity index (χ4n) is 3.63. The predicted octanol–water partition coefficient (Wildman–Crippen LogP) is 2.49. The molecule has 1 atom stereocenters. The van der Waals surface area contributed by atoms with Crippen LogP contribution in [0.4, 0.5) is 0 Å². The van der Waals surface area contributed by atoms with E-state index in [1.807, 2.05) is 38.1 Å². The van der Waals surface area contributed by atoms with Crippen molar-refractivity contribution in [1.29, 1.82) is 0 Å². The van der Waals surface area contributed by atoms with E-state index >= 15 is 0 Å². The molecular formula is C20H26N2O4. The second-order valence-corrected chi connectivity index (χ2v) is 7.55. The molecule has 1 aromatic carbocycles. The van der Waals surface area contributed by atoms with Crippen molar-refractivity contribution in [3.05, 3.63) is 36.0 Å². The number of piperidine rings is 1. The van der Waals surface area contributed by atoms with E-state index in [0.717, 1.165) is 10.9 Å². The van der Waals surface area contributed by atoms with Crippen LogP contribution in [-0.2, 0) is 4.74 Å². The summed E-state index contributed by atoms with van der Waals surface area (Å²) in [6.45, 7) is 5.06. The van der Waals surface area contributed by atoms with E-state index in [9.17, 15) is 9.90 Å². The van der Waals surface area contributed by atoms with Gasteiger partial charge < -0.3 is 19.5 Å².